The quantitative estimate of drug-likeness (QED) is 0.780. The molecule has 1 amide bonds. The zero-order valence-corrected chi connectivity index (χ0v) is 14.4. The van der Waals surface area contributed by atoms with Gasteiger partial charge in [0.2, 0.25) is 0 Å². The monoisotopic (exact) mass is 354 g/mol. The predicted octanol–water partition coefficient (Wildman–Crippen LogP) is 3.37. The van der Waals surface area contributed by atoms with Crippen LogP contribution in [0.1, 0.15) is 53.2 Å². The Bertz CT molecular complexity index is 929. The Kier molecular flexibility index (Phi) is 4.28. The van der Waals surface area contributed by atoms with Crippen LogP contribution < -0.4 is 5.32 Å². The van der Waals surface area contributed by atoms with Crippen molar-refractivity contribution in [1.82, 2.24) is 20.3 Å². The summed E-state index contributed by atoms with van der Waals surface area (Å²) in [5, 5.41) is 11.2. The van der Waals surface area contributed by atoms with Crippen molar-refractivity contribution in [3.8, 4) is 5.69 Å². The van der Waals surface area contributed by atoms with Crippen LogP contribution in [0.2, 0.25) is 0 Å². The fourth-order valence-corrected chi connectivity index (χ4v) is 3.21. The van der Waals surface area contributed by atoms with E-state index in [9.17, 15) is 9.18 Å². The van der Waals surface area contributed by atoms with E-state index in [0.29, 0.717) is 5.69 Å². The molecule has 6 nitrogen and oxygen atoms in total. The van der Waals surface area contributed by atoms with Crippen LogP contribution in [0.15, 0.2) is 41.2 Å². The Morgan fingerprint density at radius 2 is 2.04 bits per heavy atom. The number of nitrogens with zero attached hydrogens (tertiary/aromatic N) is 3. The number of carbonyl (C=O) groups is 1. The molecule has 2 aromatic heterocycles. The van der Waals surface area contributed by atoms with Crippen molar-refractivity contribution in [2.75, 3.05) is 0 Å². The first kappa shape index (κ1) is 16.5. The van der Waals surface area contributed by atoms with Crippen LogP contribution >= 0.6 is 0 Å². The Morgan fingerprint density at radius 1 is 1.27 bits per heavy atom. The molecular formula is C19H19FN4O2. The summed E-state index contributed by atoms with van der Waals surface area (Å²) in [6, 6.07) is 5.83. The number of halogens is 1. The number of hydrogen-bond acceptors (Lipinski definition) is 4. The molecule has 0 radical (unpaired) electrons. The number of nitrogens with one attached hydrogen (secondary N) is 1. The largest absolute Gasteiger partial charge is 0.360 e. The Hall–Kier alpha value is -2.96. The molecule has 4 rings (SSSR count). The number of amides is 1. The van der Waals surface area contributed by atoms with Gasteiger partial charge >= 0.3 is 0 Å². The molecule has 0 bridgehead atoms. The molecule has 0 saturated heterocycles. The zero-order valence-electron chi connectivity index (χ0n) is 14.4. The van der Waals surface area contributed by atoms with E-state index in [1.165, 1.54) is 12.1 Å². The third kappa shape index (κ3) is 3.12. The average molecular weight is 354 g/mol. The van der Waals surface area contributed by atoms with Gasteiger partial charge in [0, 0.05) is 23.7 Å². The maximum Gasteiger partial charge on any atom is 0.274 e. The van der Waals surface area contributed by atoms with Gasteiger partial charge in [0.05, 0.1) is 17.9 Å². The smallest absolute Gasteiger partial charge is 0.274 e. The normalized spacial score (nSPS) is 14.7. The molecule has 0 aliphatic heterocycles. The maximum absolute atomic E-state index is 13.0. The molecule has 1 N–H and O–H groups in total. The van der Waals surface area contributed by atoms with Crippen molar-refractivity contribution in [2.45, 2.75) is 38.6 Å². The molecule has 3 aromatic rings. The third-order valence-corrected chi connectivity index (χ3v) is 4.71. The van der Waals surface area contributed by atoms with Crippen LogP contribution in [0.5, 0.6) is 0 Å². The Morgan fingerprint density at radius 3 is 2.85 bits per heavy atom. The van der Waals surface area contributed by atoms with Crippen molar-refractivity contribution in [1.29, 1.82) is 0 Å². The highest BCUT2D eigenvalue weighted by Gasteiger charge is 2.25. The number of aryl methyl sites for hydroxylation is 1. The van der Waals surface area contributed by atoms with Gasteiger partial charge in [-0.3, -0.25) is 4.79 Å². The van der Waals surface area contributed by atoms with Crippen LogP contribution in [0, 0.1) is 5.82 Å². The van der Waals surface area contributed by atoms with Crippen molar-refractivity contribution >= 4 is 5.91 Å². The minimum Gasteiger partial charge on any atom is -0.360 e. The second kappa shape index (κ2) is 6.74. The van der Waals surface area contributed by atoms with Crippen molar-refractivity contribution < 1.29 is 13.7 Å². The van der Waals surface area contributed by atoms with E-state index in [4.69, 9.17) is 4.52 Å². The number of rotatable bonds is 4. The minimum atomic E-state index is -0.294. The van der Waals surface area contributed by atoms with E-state index in [0.717, 1.165) is 48.3 Å². The van der Waals surface area contributed by atoms with Gasteiger partial charge in [0.15, 0.2) is 5.69 Å². The zero-order chi connectivity index (χ0) is 18.1. The molecule has 1 aliphatic carbocycles. The first-order valence-corrected chi connectivity index (χ1v) is 8.70. The van der Waals surface area contributed by atoms with Gasteiger partial charge in [-0.25, -0.2) is 9.07 Å². The summed E-state index contributed by atoms with van der Waals surface area (Å²) >= 11 is 0. The molecule has 2 heterocycles. The van der Waals surface area contributed by atoms with Crippen LogP contribution in [0.4, 0.5) is 4.39 Å². The summed E-state index contributed by atoms with van der Waals surface area (Å²) in [6.45, 7) is 1.89. The number of carbonyl (C=O) groups excluding carboxylic acids is 1. The lowest BCUT2D eigenvalue weighted by atomic mass is 9.96. The molecule has 134 valence electrons. The number of hydrogen-bond donors (Lipinski definition) is 1. The summed E-state index contributed by atoms with van der Waals surface area (Å²) in [5.41, 5.74) is 2.92. The highest BCUT2D eigenvalue weighted by molar-refractivity contribution is 5.94. The molecular weight excluding hydrogens is 335 g/mol. The standard InChI is InChI=1S/C19H19FN4O2/c1-12(13-10-21-24(11-13)15-8-6-14(20)7-9-15)22-19(25)18-16-4-2-3-5-17(16)26-23-18/h6-12H,2-5H2,1H3,(H,22,25). The number of benzene rings is 1. The molecule has 1 unspecified atom stereocenters. The predicted molar refractivity (Wildman–Crippen MR) is 92.5 cm³/mol. The first-order valence-electron chi connectivity index (χ1n) is 8.70. The molecule has 7 heteroatoms. The average Bonchev–Trinajstić information content (AvgIpc) is 3.30. The molecule has 0 saturated carbocycles. The van der Waals surface area contributed by atoms with E-state index < -0.39 is 0 Å². The van der Waals surface area contributed by atoms with Gasteiger partial charge in [-0.2, -0.15) is 5.10 Å². The van der Waals surface area contributed by atoms with Gasteiger partial charge in [-0.05, 0) is 50.5 Å². The molecule has 0 spiro atoms. The molecule has 26 heavy (non-hydrogen) atoms. The summed E-state index contributed by atoms with van der Waals surface area (Å²) < 4.78 is 20.0. The van der Waals surface area contributed by atoms with Gasteiger partial charge in [-0.15, -0.1) is 0 Å². The summed E-state index contributed by atoms with van der Waals surface area (Å²) in [7, 11) is 0. The lowest BCUT2D eigenvalue weighted by molar-refractivity contribution is 0.0930. The summed E-state index contributed by atoms with van der Waals surface area (Å²) in [4.78, 5) is 12.6. The van der Waals surface area contributed by atoms with E-state index in [1.54, 1.807) is 23.0 Å². The van der Waals surface area contributed by atoms with E-state index in [-0.39, 0.29) is 17.8 Å². The van der Waals surface area contributed by atoms with Crippen LogP contribution in [-0.4, -0.2) is 20.8 Å². The van der Waals surface area contributed by atoms with Gasteiger partial charge in [-0.1, -0.05) is 5.16 Å². The van der Waals surface area contributed by atoms with E-state index >= 15 is 0 Å². The Balaban J connectivity index is 1.48. The highest BCUT2D eigenvalue weighted by Crippen LogP contribution is 2.24. The lowest BCUT2D eigenvalue weighted by Gasteiger charge is -2.13. The maximum atomic E-state index is 13.0. The number of aromatic nitrogens is 3. The summed E-state index contributed by atoms with van der Waals surface area (Å²) in [6.07, 6.45) is 7.30. The third-order valence-electron chi connectivity index (χ3n) is 4.71. The van der Waals surface area contributed by atoms with E-state index in [1.807, 2.05) is 13.1 Å². The fourth-order valence-electron chi connectivity index (χ4n) is 3.21. The van der Waals surface area contributed by atoms with Gasteiger partial charge in [0.1, 0.15) is 11.6 Å². The second-order valence-corrected chi connectivity index (χ2v) is 6.53. The molecule has 1 aliphatic rings. The number of fused-ring (bicyclic) bond motifs is 1. The fraction of sp³-hybridized carbons (Fsp3) is 0.316. The van der Waals surface area contributed by atoms with Crippen molar-refractivity contribution in [2.24, 2.45) is 0 Å². The van der Waals surface area contributed by atoms with Crippen LogP contribution in [-0.2, 0) is 12.8 Å². The van der Waals surface area contributed by atoms with Gasteiger partial charge < -0.3 is 9.84 Å². The van der Waals surface area contributed by atoms with Gasteiger partial charge in [0.25, 0.3) is 5.91 Å². The lowest BCUT2D eigenvalue weighted by Crippen LogP contribution is -2.27. The summed E-state index contributed by atoms with van der Waals surface area (Å²) in [5.74, 6) is 0.301. The molecule has 1 atom stereocenters. The van der Waals surface area contributed by atoms with Crippen molar-refractivity contribution in [3.05, 3.63) is 65.1 Å². The molecule has 1 aromatic carbocycles. The minimum absolute atomic E-state index is 0.237. The van der Waals surface area contributed by atoms with Crippen molar-refractivity contribution in [3.63, 3.8) is 0 Å². The first-order chi connectivity index (χ1) is 12.6. The highest BCUT2D eigenvalue weighted by atomic mass is 19.1. The Labute approximate surface area is 150 Å². The molecule has 0 fully saturated rings. The topological polar surface area (TPSA) is 73.0 Å². The van der Waals surface area contributed by atoms with E-state index in [2.05, 4.69) is 15.6 Å². The SMILES string of the molecule is CC(NC(=O)c1noc2c1CCCC2)c1cnn(-c2ccc(F)cc2)c1. The van der Waals surface area contributed by atoms with Crippen LogP contribution in [0.25, 0.3) is 5.69 Å². The van der Waals surface area contributed by atoms with Crippen LogP contribution in [0.3, 0.4) is 0 Å². The second-order valence-electron chi connectivity index (χ2n) is 6.53.